The number of rotatable bonds is 7. The Morgan fingerprint density at radius 1 is 1.45 bits per heavy atom. The van der Waals surface area contributed by atoms with Gasteiger partial charge in [0.15, 0.2) is 0 Å². The molecule has 20 heavy (non-hydrogen) atoms. The normalized spacial score (nSPS) is 12.3. The lowest BCUT2D eigenvalue weighted by molar-refractivity contribution is -0.141. The molecule has 1 amide bonds. The first-order chi connectivity index (χ1) is 9.54. The SMILES string of the molecule is COCCC(NC(=O)C=Cc1ccccc1F)C(=O)O. The van der Waals surface area contributed by atoms with Crippen molar-refractivity contribution in [3.63, 3.8) is 0 Å². The predicted octanol–water partition coefficient (Wildman–Crippen LogP) is 1.44. The Hall–Kier alpha value is -2.21. The summed E-state index contributed by atoms with van der Waals surface area (Å²) in [5.41, 5.74) is 0.256. The lowest BCUT2D eigenvalue weighted by Gasteiger charge is -2.12. The van der Waals surface area contributed by atoms with E-state index in [0.29, 0.717) is 0 Å². The van der Waals surface area contributed by atoms with Crippen molar-refractivity contribution in [1.82, 2.24) is 5.32 Å². The lowest BCUT2D eigenvalue weighted by Crippen LogP contribution is -2.40. The highest BCUT2D eigenvalue weighted by molar-refractivity contribution is 5.94. The Labute approximate surface area is 116 Å². The topological polar surface area (TPSA) is 75.6 Å². The third-order valence-electron chi connectivity index (χ3n) is 2.54. The third kappa shape index (κ3) is 5.19. The first kappa shape index (κ1) is 15.8. The Morgan fingerprint density at radius 3 is 2.75 bits per heavy atom. The van der Waals surface area contributed by atoms with Crippen molar-refractivity contribution in [3.8, 4) is 0 Å². The van der Waals surface area contributed by atoms with E-state index in [1.165, 1.54) is 31.4 Å². The van der Waals surface area contributed by atoms with Crippen molar-refractivity contribution in [2.75, 3.05) is 13.7 Å². The van der Waals surface area contributed by atoms with Crippen LogP contribution in [0.2, 0.25) is 0 Å². The van der Waals surface area contributed by atoms with Crippen LogP contribution in [0.15, 0.2) is 30.3 Å². The zero-order chi connectivity index (χ0) is 15.0. The molecule has 0 aliphatic heterocycles. The fourth-order valence-corrected chi connectivity index (χ4v) is 1.49. The summed E-state index contributed by atoms with van der Waals surface area (Å²) in [6.07, 6.45) is 2.55. The van der Waals surface area contributed by atoms with E-state index in [0.717, 1.165) is 6.08 Å². The summed E-state index contributed by atoms with van der Waals surface area (Å²) in [4.78, 5) is 22.5. The number of hydrogen-bond acceptors (Lipinski definition) is 3. The van der Waals surface area contributed by atoms with E-state index in [2.05, 4.69) is 5.32 Å². The number of methoxy groups -OCH3 is 1. The van der Waals surface area contributed by atoms with Gasteiger partial charge in [0.25, 0.3) is 0 Å². The number of nitrogens with one attached hydrogen (secondary N) is 1. The Balaban J connectivity index is 2.61. The lowest BCUT2D eigenvalue weighted by atomic mass is 10.2. The summed E-state index contributed by atoms with van der Waals surface area (Å²) >= 11 is 0. The van der Waals surface area contributed by atoms with Crippen LogP contribution in [0.3, 0.4) is 0 Å². The van der Waals surface area contributed by atoms with Crippen LogP contribution in [0, 0.1) is 5.82 Å². The molecule has 0 spiro atoms. The smallest absolute Gasteiger partial charge is 0.326 e. The maximum Gasteiger partial charge on any atom is 0.326 e. The highest BCUT2D eigenvalue weighted by Crippen LogP contribution is 2.07. The molecule has 0 fully saturated rings. The number of amides is 1. The number of carbonyl (C=O) groups excluding carboxylic acids is 1. The average molecular weight is 281 g/mol. The minimum absolute atomic E-state index is 0.158. The molecule has 1 aromatic rings. The number of carboxylic acids is 1. The van der Waals surface area contributed by atoms with E-state index < -0.39 is 23.7 Å². The number of halogens is 1. The molecule has 1 rings (SSSR count). The molecule has 1 aromatic carbocycles. The van der Waals surface area contributed by atoms with Crippen LogP contribution in [0.4, 0.5) is 4.39 Å². The van der Waals surface area contributed by atoms with Crippen molar-refractivity contribution in [1.29, 1.82) is 0 Å². The van der Waals surface area contributed by atoms with E-state index >= 15 is 0 Å². The van der Waals surface area contributed by atoms with Crippen LogP contribution >= 0.6 is 0 Å². The second-order valence-corrected chi connectivity index (χ2v) is 4.04. The molecule has 1 unspecified atom stereocenters. The van der Waals surface area contributed by atoms with Crippen molar-refractivity contribution in [3.05, 3.63) is 41.7 Å². The first-order valence-electron chi connectivity index (χ1n) is 5.99. The second-order valence-electron chi connectivity index (χ2n) is 4.04. The molecule has 108 valence electrons. The zero-order valence-electron chi connectivity index (χ0n) is 11.0. The van der Waals surface area contributed by atoms with Crippen LogP contribution < -0.4 is 5.32 Å². The molecule has 1 atom stereocenters. The van der Waals surface area contributed by atoms with Crippen molar-refractivity contribution in [2.24, 2.45) is 0 Å². The summed E-state index contributed by atoms with van der Waals surface area (Å²) in [5.74, 6) is -2.20. The molecule has 0 heterocycles. The Bertz CT molecular complexity index is 502. The molecular weight excluding hydrogens is 265 g/mol. The number of benzene rings is 1. The molecule has 5 nitrogen and oxygen atoms in total. The fraction of sp³-hybridized carbons (Fsp3) is 0.286. The molecule has 2 N–H and O–H groups in total. The molecule has 0 aromatic heterocycles. The standard InChI is InChI=1S/C14H16FNO4/c1-20-9-8-12(14(18)19)16-13(17)7-6-10-4-2-3-5-11(10)15/h2-7,12H,8-9H2,1H3,(H,16,17)(H,18,19). The minimum Gasteiger partial charge on any atom is -0.480 e. The van der Waals surface area contributed by atoms with Gasteiger partial charge in [-0.25, -0.2) is 9.18 Å². The molecule has 0 radical (unpaired) electrons. The number of carbonyl (C=O) groups is 2. The van der Waals surface area contributed by atoms with Gasteiger partial charge in [-0.05, 0) is 12.1 Å². The van der Waals surface area contributed by atoms with Gasteiger partial charge >= 0.3 is 5.97 Å². The highest BCUT2D eigenvalue weighted by Gasteiger charge is 2.18. The van der Waals surface area contributed by atoms with Crippen LogP contribution in [-0.4, -0.2) is 36.7 Å². The number of hydrogen-bond donors (Lipinski definition) is 2. The van der Waals surface area contributed by atoms with Gasteiger partial charge < -0.3 is 15.2 Å². The van der Waals surface area contributed by atoms with Gasteiger partial charge in [0.2, 0.25) is 5.91 Å². The summed E-state index contributed by atoms with van der Waals surface area (Å²) < 4.78 is 18.1. The number of ether oxygens (including phenoxy) is 1. The fourth-order valence-electron chi connectivity index (χ4n) is 1.49. The van der Waals surface area contributed by atoms with E-state index in [1.807, 2.05) is 0 Å². The minimum atomic E-state index is -1.14. The number of carboxylic acid groups (broad SMARTS) is 1. The van der Waals surface area contributed by atoms with Crippen molar-refractivity contribution < 1.29 is 23.8 Å². The van der Waals surface area contributed by atoms with E-state index in [1.54, 1.807) is 6.07 Å². The van der Waals surface area contributed by atoms with E-state index in [-0.39, 0.29) is 18.6 Å². The molecule has 6 heteroatoms. The molecule has 0 saturated carbocycles. The summed E-state index contributed by atoms with van der Waals surface area (Å²) in [5, 5.41) is 11.2. The largest absolute Gasteiger partial charge is 0.480 e. The summed E-state index contributed by atoms with van der Waals surface area (Å²) in [7, 11) is 1.44. The average Bonchev–Trinajstić information content (AvgIpc) is 2.42. The predicted molar refractivity (Wildman–Crippen MR) is 71.5 cm³/mol. The van der Waals surface area contributed by atoms with Crippen LogP contribution in [0.5, 0.6) is 0 Å². The van der Waals surface area contributed by atoms with Gasteiger partial charge in [-0.15, -0.1) is 0 Å². The van der Waals surface area contributed by atoms with E-state index in [9.17, 15) is 14.0 Å². The van der Waals surface area contributed by atoms with Gasteiger partial charge in [0.05, 0.1) is 0 Å². The maximum absolute atomic E-state index is 13.3. The van der Waals surface area contributed by atoms with Gasteiger partial charge in [-0.1, -0.05) is 18.2 Å². The van der Waals surface area contributed by atoms with Gasteiger partial charge in [0, 0.05) is 31.8 Å². The van der Waals surface area contributed by atoms with E-state index in [4.69, 9.17) is 9.84 Å². The molecule has 0 saturated heterocycles. The quantitative estimate of drug-likeness (QED) is 0.742. The summed E-state index contributed by atoms with van der Waals surface area (Å²) in [6.45, 7) is 0.217. The summed E-state index contributed by atoms with van der Waals surface area (Å²) in [6, 6.07) is 4.93. The second kappa shape index (κ2) is 8.06. The van der Waals surface area contributed by atoms with Gasteiger partial charge in [-0.2, -0.15) is 0 Å². The van der Waals surface area contributed by atoms with Crippen LogP contribution in [-0.2, 0) is 14.3 Å². The number of aliphatic carboxylic acids is 1. The van der Waals surface area contributed by atoms with Gasteiger partial charge in [-0.3, -0.25) is 4.79 Å². The molecule has 0 bridgehead atoms. The monoisotopic (exact) mass is 281 g/mol. The van der Waals surface area contributed by atoms with Crippen LogP contribution in [0.25, 0.3) is 6.08 Å². The zero-order valence-corrected chi connectivity index (χ0v) is 11.0. The Morgan fingerprint density at radius 2 is 2.15 bits per heavy atom. The maximum atomic E-state index is 13.3. The molecular formula is C14H16FNO4. The van der Waals surface area contributed by atoms with Crippen molar-refractivity contribution >= 4 is 18.0 Å². The molecule has 0 aliphatic rings. The third-order valence-corrected chi connectivity index (χ3v) is 2.54. The van der Waals surface area contributed by atoms with Gasteiger partial charge in [0.1, 0.15) is 11.9 Å². The first-order valence-corrected chi connectivity index (χ1v) is 5.99. The highest BCUT2D eigenvalue weighted by atomic mass is 19.1. The Kier molecular flexibility index (Phi) is 6.39. The van der Waals surface area contributed by atoms with Crippen molar-refractivity contribution in [2.45, 2.75) is 12.5 Å². The molecule has 0 aliphatic carbocycles. The van der Waals surface area contributed by atoms with Crippen LogP contribution in [0.1, 0.15) is 12.0 Å².